The lowest BCUT2D eigenvalue weighted by Gasteiger charge is -2.21. The molecule has 5 N–H and O–H groups in total. The Bertz CT molecular complexity index is 453. The van der Waals surface area contributed by atoms with Gasteiger partial charge in [-0.05, 0) is 12.1 Å². The highest BCUT2D eigenvalue weighted by molar-refractivity contribution is 5.94. The SMILES string of the molecule is O=C(N[C@@H]1[C@H](O)[C@@H]([C@H](O)CO)O[C@H]1O)c1ccccc1. The van der Waals surface area contributed by atoms with E-state index in [0.717, 1.165) is 0 Å². The normalized spacial score (nSPS) is 31.0. The molecule has 1 aromatic rings. The zero-order valence-electron chi connectivity index (χ0n) is 10.6. The van der Waals surface area contributed by atoms with E-state index in [1.165, 1.54) is 0 Å². The standard InChI is InChI=1S/C13H17NO6/c15-6-8(16)11-10(17)9(13(19)20-11)14-12(18)7-4-2-1-3-5-7/h1-5,8-11,13,15-17,19H,6H2,(H,14,18)/t8-,9-,10+,11-,13-/m1/s1. The van der Waals surface area contributed by atoms with Crippen LogP contribution in [0.1, 0.15) is 10.4 Å². The van der Waals surface area contributed by atoms with Crippen LogP contribution >= 0.6 is 0 Å². The van der Waals surface area contributed by atoms with Crippen LogP contribution in [0.2, 0.25) is 0 Å². The van der Waals surface area contributed by atoms with Gasteiger partial charge in [0.15, 0.2) is 6.29 Å². The van der Waals surface area contributed by atoms with Gasteiger partial charge in [0.25, 0.3) is 5.91 Å². The van der Waals surface area contributed by atoms with E-state index in [9.17, 15) is 20.1 Å². The molecule has 0 aliphatic carbocycles. The van der Waals surface area contributed by atoms with Crippen LogP contribution in [-0.4, -0.2) is 63.6 Å². The Morgan fingerprint density at radius 2 is 1.95 bits per heavy atom. The summed E-state index contributed by atoms with van der Waals surface area (Å²) < 4.78 is 4.96. The van der Waals surface area contributed by atoms with Gasteiger partial charge in [-0.25, -0.2) is 0 Å². The van der Waals surface area contributed by atoms with Crippen molar-refractivity contribution in [2.24, 2.45) is 0 Å². The molecular weight excluding hydrogens is 266 g/mol. The van der Waals surface area contributed by atoms with Crippen molar-refractivity contribution in [3.8, 4) is 0 Å². The fraction of sp³-hybridized carbons (Fsp3) is 0.462. The summed E-state index contributed by atoms with van der Waals surface area (Å²) in [5.74, 6) is -0.476. The van der Waals surface area contributed by atoms with Gasteiger partial charge in [0.1, 0.15) is 24.4 Å². The third kappa shape index (κ3) is 2.97. The third-order valence-corrected chi connectivity index (χ3v) is 3.21. The van der Waals surface area contributed by atoms with Crippen molar-refractivity contribution >= 4 is 5.91 Å². The molecule has 1 fully saturated rings. The highest BCUT2D eigenvalue weighted by Gasteiger charge is 2.46. The minimum absolute atomic E-state index is 0.373. The minimum atomic E-state index is -1.45. The zero-order chi connectivity index (χ0) is 14.7. The van der Waals surface area contributed by atoms with E-state index in [4.69, 9.17) is 9.84 Å². The largest absolute Gasteiger partial charge is 0.394 e. The van der Waals surface area contributed by atoms with E-state index in [1.54, 1.807) is 30.3 Å². The Labute approximate surface area is 115 Å². The molecule has 1 aliphatic rings. The van der Waals surface area contributed by atoms with Crippen molar-refractivity contribution in [2.45, 2.75) is 30.6 Å². The van der Waals surface area contributed by atoms with Gasteiger partial charge < -0.3 is 30.5 Å². The van der Waals surface area contributed by atoms with Crippen molar-refractivity contribution in [1.82, 2.24) is 5.32 Å². The first kappa shape index (κ1) is 14.9. The molecule has 1 aromatic carbocycles. The molecule has 5 atom stereocenters. The summed E-state index contributed by atoms with van der Waals surface area (Å²) in [6.07, 6.45) is -5.27. The number of hydrogen-bond donors (Lipinski definition) is 5. The summed E-state index contributed by atoms with van der Waals surface area (Å²) in [5.41, 5.74) is 0.373. The molecule has 7 heteroatoms. The lowest BCUT2D eigenvalue weighted by Crippen LogP contribution is -2.49. The molecule has 0 spiro atoms. The molecule has 0 bridgehead atoms. The summed E-state index contributed by atoms with van der Waals surface area (Å²) in [6, 6.07) is 7.23. The predicted molar refractivity (Wildman–Crippen MR) is 67.7 cm³/mol. The minimum Gasteiger partial charge on any atom is -0.394 e. The van der Waals surface area contributed by atoms with Crippen LogP contribution in [0, 0.1) is 0 Å². The number of aliphatic hydroxyl groups is 4. The monoisotopic (exact) mass is 283 g/mol. The maximum Gasteiger partial charge on any atom is 0.251 e. The Balaban J connectivity index is 2.04. The summed E-state index contributed by atoms with van der Waals surface area (Å²) in [5, 5.41) is 40.4. The van der Waals surface area contributed by atoms with Crippen LogP contribution in [0.3, 0.4) is 0 Å². The van der Waals surface area contributed by atoms with Crippen LogP contribution in [0.4, 0.5) is 0 Å². The molecule has 1 aliphatic heterocycles. The van der Waals surface area contributed by atoms with Crippen molar-refractivity contribution in [1.29, 1.82) is 0 Å². The Hall–Kier alpha value is -1.51. The number of hydrogen-bond acceptors (Lipinski definition) is 6. The van der Waals surface area contributed by atoms with Gasteiger partial charge in [-0.15, -0.1) is 0 Å². The van der Waals surface area contributed by atoms with Crippen LogP contribution < -0.4 is 5.32 Å². The maximum atomic E-state index is 11.9. The van der Waals surface area contributed by atoms with Gasteiger partial charge in [0.05, 0.1) is 6.61 Å². The molecule has 20 heavy (non-hydrogen) atoms. The van der Waals surface area contributed by atoms with Gasteiger partial charge in [0.2, 0.25) is 0 Å². The lowest BCUT2D eigenvalue weighted by atomic mass is 10.0. The number of carbonyl (C=O) groups is 1. The summed E-state index contributed by atoms with van der Waals surface area (Å²) in [6.45, 7) is -0.617. The fourth-order valence-electron chi connectivity index (χ4n) is 2.10. The van der Waals surface area contributed by atoms with Crippen molar-refractivity contribution in [3.05, 3.63) is 35.9 Å². The quantitative estimate of drug-likeness (QED) is 0.445. The number of nitrogens with one attached hydrogen (secondary N) is 1. The predicted octanol–water partition coefficient (Wildman–Crippen LogP) is -1.78. The van der Waals surface area contributed by atoms with Gasteiger partial charge in [-0.3, -0.25) is 4.79 Å². The van der Waals surface area contributed by atoms with Crippen molar-refractivity contribution in [2.75, 3.05) is 6.61 Å². The molecule has 2 rings (SSSR count). The highest BCUT2D eigenvalue weighted by Crippen LogP contribution is 2.22. The second kappa shape index (κ2) is 6.29. The Kier molecular flexibility index (Phi) is 4.69. The van der Waals surface area contributed by atoms with Gasteiger partial charge in [-0.2, -0.15) is 0 Å². The first-order chi connectivity index (χ1) is 9.54. The lowest BCUT2D eigenvalue weighted by molar-refractivity contribution is -0.139. The van der Waals surface area contributed by atoms with Crippen molar-refractivity contribution in [3.63, 3.8) is 0 Å². The summed E-state index contributed by atoms with van der Waals surface area (Å²) >= 11 is 0. The van der Waals surface area contributed by atoms with E-state index in [1.807, 2.05) is 0 Å². The van der Waals surface area contributed by atoms with E-state index < -0.39 is 43.2 Å². The number of ether oxygens (including phenoxy) is 1. The topological polar surface area (TPSA) is 119 Å². The molecule has 1 heterocycles. The third-order valence-electron chi connectivity index (χ3n) is 3.21. The second-order valence-electron chi connectivity index (χ2n) is 4.60. The molecule has 110 valence electrons. The fourth-order valence-corrected chi connectivity index (χ4v) is 2.10. The van der Waals surface area contributed by atoms with E-state index in [2.05, 4.69) is 5.32 Å². The molecule has 1 saturated heterocycles. The average Bonchev–Trinajstić information content (AvgIpc) is 2.75. The maximum absolute atomic E-state index is 11.9. The first-order valence-electron chi connectivity index (χ1n) is 6.21. The molecule has 0 saturated carbocycles. The summed E-state index contributed by atoms with van der Waals surface area (Å²) in [4.78, 5) is 11.9. The number of rotatable bonds is 4. The van der Waals surface area contributed by atoms with Crippen molar-refractivity contribution < 1.29 is 30.0 Å². The molecule has 0 radical (unpaired) electrons. The highest BCUT2D eigenvalue weighted by atomic mass is 16.6. The van der Waals surface area contributed by atoms with E-state index >= 15 is 0 Å². The first-order valence-corrected chi connectivity index (χ1v) is 6.21. The zero-order valence-corrected chi connectivity index (χ0v) is 10.6. The molecule has 7 nitrogen and oxygen atoms in total. The Morgan fingerprint density at radius 3 is 2.55 bits per heavy atom. The smallest absolute Gasteiger partial charge is 0.251 e. The number of benzene rings is 1. The van der Waals surface area contributed by atoms with Crippen LogP contribution in [0.25, 0.3) is 0 Å². The van der Waals surface area contributed by atoms with E-state index in [0.29, 0.717) is 5.56 Å². The number of amides is 1. The number of aliphatic hydroxyl groups excluding tert-OH is 4. The number of carbonyl (C=O) groups excluding carboxylic acids is 1. The van der Waals surface area contributed by atoms with E-state index in [-0.39, 0.29) is 0 Å². The van der Waals surface area contributed by atoms with Crippen LogP contribution in [-0.2, 0) is 4.74 Å². The Morgan fingerprint density at radius 1 is 1.30 bits per heavy atom. The van der Waals surface area contributed by atoms with Gasteiger partial charge >= 0.3 is 0 Å². The average molecular weight is 283 g/mol. The van der Waals surface area contributed by atoms with Crippen LogP contribution in [0.15, 0.2) is 30.3 Å². The second-order valence-corrected chi connectivity index (χ2v) is 4.60. The van der Waals surface area contributed by atoms with Gasteiger partial charge in [0, 0.05) is 5.56 Å². The summed E-state index contributed by atoms with van der Waals surface area (Å²) in [7, 11) is 0. The van der Waals surface area contributed by atoms with Crippen LogP contribution in [0.5, 0.6) is 0 Å². The molecule has 1 amide bonds. The van der Waals surface area contributed by atoms with Gasteiger partial charge in [-0.1, -0.05) is 18.2 Å². The molecular formula is C13H17NO6. The molecule has 0 unspecified atom stereocenters. The molecule has 0 aromatic heterocycles.